The second kappa shape index (κ2) is 9.37. The first-order chi connectivity index (χ1) is 16.3. The Morgan fingerprint density at radius 1 is 1.18 bits per heavy atom. The number of hydrogen-bond acceptors (Lipinski definition) is 9. The number of halogens is 1. The molecule has 13 heteroatoms. The average molecular weight is 472 g/mol. The lowest BCUT2D eigenvalue weighted by Crippen LogP contribution is -2.41. The summed E-state index contributed by atoms with van der Waals surface area (Å²) in [6.07, 6.45) is 0.882. The van der Waals surface area contributed by atoms with Crippen LogP contribution in [-0.2, 0) is 16.6 Å². The van der Waals surface area contributed by atoms with E-state index in [0.717, 1.165) is 21.4 Å². The molecule has 1 fully saturated rings. The van der Waals surface area contributed by atoms with Gasteiger partial charge in [-0.15, -0.1) is 0 Å². The molecule has 3 aromatic rings. The molecule has 0 unspecified atom stereocenters. The lowest BCUT2D eigenvalue weighted by molar-refractivity contribution is -0.149. The molecule has 0 spiro atoms. The molecule has 3 heterocycles. The molecular weight excluding hydrogens is 451 g/mol. The van der Waals surface area contributed by atoms with E-state index >= 15 is 0 Å². The first-order valence-electron chi connectivity index (χ1n) is 10.6. The number of benzene rings is 1. The quantitative estimate of drug-likeness (QED) is 0.486. The second-order valence-corrected chi connectivity index (χ2v) is 7.63. The minimum atomic E-state index is -0.793. The lowest BCUT2D eigenvalue weighted by Gasteiger charge is -2.29. The summed E-state index contributed by atoms with van der Waals surface area (Å²) < 4.78 is 25.0. The Bertz CT molecular complexity index is 1340. The van der Waals surface area contributed by atoms with Crippen LogP contribution in [0.2, 0.25) is 0 Å². The molecule has 1 aromatic carbocycles. The van der Waals surface area contributed by atoms with Crippen molar-refractivity contribution in [2.45, 2.75) is 19.8 Å². The molecule has 4 rings (SSSR count). The van der Waals surface area contributed by atoms with E-state index in [-0.39, 0.29) is 35.0 Å². The molecular formula is C21H21FN6O6. The second-order valence-electron chi connectivity index (χ2n) is 7.63. The first kappa shape index (κ1) is 23.0. The number of esters is 1. The molecule has 0 saturated carbocycles. The van der Waals surface area contributed by atoms with Crippen molar-refractivity contribution in [1.29, 1.82) is 0 Å². The number of piperidine rings is 1. The van der Waals surface area contributed by atoms with Gasteiger partial charge in [-0.1, -0.05) is 5.16 Å². The minimum Gasteiger partial charge on any atom is -0.466 e. The van der Waals surface area contributed by atoms with Gasteiger partial charge < -0.3 is 14.2 Å². The number of rotatable bonds is 5. The highest BCUT2D eigenvalue weighted by Gasteiger charge is 2.31. The third-order valence-corrected chi connectivity index (χ3v) is 5.47. The van der Waals surface area contributed by atoms with Crippen molar-refractivity contribution >= 4 is 11.9 Å². The number of hydrogen-bond donors (Lipinski definition) is 0. The summed E-state index contributed by atoms with van der Waals surface area (Å²) in [4.78, 5) is 55.3. The number of amides is 1. The largest absolute Gasteiger partial charge is 0.466 e. The van der Waals surface area contributed by atoms with Gasteiger partial charge in [0.2, 0.25) is 5.82 Å². The predicted octanol–water partition coefficient (Wildman–Crippen LogP) is 0.536. The van der Waals surface area contributed by atoms with E-state index in [1.165, 1.54) is 24.1 Å². The fourth-order valence-electron chi connectivity index (χ4n) is 3.58. The van der Waals surface area contributed by atoms with Crippen LogP contribution in [-0.4, -0.2) is 61.0 Å². The van der Waals surface area contributed by atoms with Crippen LogP contribution in [0.25, 0.3) is 17.2 Å². The van der Waals surface area contributed by atoms with Gasteiger partial charge in [-0.25, -0.2) is 9.18 Å². The van der Waals surface area contributed by atoms with Gasteiger partial charge in [-0.3, -0.25) is 19.0 Å². The summed E-state index contributed by atoms with van der Waals surface area (Å²) in [6, 6.07) is 4.93. The van der Waals surface area contributed by atoms with Crippen molar-refractivity contribution in [2.75, 3.05) is 19.7 Å². The summed E-state index contributed by atoms with van der Waals surface area (Å²) in [5.41, 5.74) is -1.66. The Morgan fingerprint density at radius 3 is 2.50 bits per heavy atom. The fraction of sp³-hybridized carbons (Fsp3) is 0.381. The van der Waals surface area contributed by atoms with Gasteiger partial charge in [-0.2, -0.15) is 14.8 Å². The first-order valence-corrected chi connectivity index (χ1v) is 10.6. The molecule has 1 aliphatic heterocycles. The van der Waals surface area contributed by atoms with Crippen LogP contribution in [0, 0.1) is 11.7 Å². The zero-order valence-corrected chi connectivity index (χ0v) is 18.4. The Hall–Kier alpha value is -4.16. The Morgan fingerprint density at radius 2 is 1.85 bits per heavy atom. The van der Waals surface area contributed by atoms with E-state index in [4.69, 9.17) is 9.26 Å². The van der Waals surface area contributed by atoms with E-state index in [1.807, 2.05) is 0 Å². The standard InChI is InChI=1S/C21H21FN6O6/c1-3-33-20(31)12-8-10-27(11-9-12)19(30)17-23-16(25-34-17)15-18(29)26(2)21(32)28(24-15)14-6-4-13(22)5-7-14/h4-7,12H,3,8-11H2,1-2H3. The zero-order chi connectivity index (χ0) is 24.4. The molecule has 0 aliphatic carbocycles. The zero-order valence-electron chi connectivity index (χ0n) is 18.4. The molecule has 0 radical (unpaired) electrons. The van der Waals surface area contributed by atoms with Crippen molar-refractivity contribution in [2.24, 2.45) is 13.0 Å². The Balaban J connectivity index is 1.58. The summed E-state index contributed by atoms with van der Waals surface area (Å²) in [7, 11) is 1.25. The molecule has 1 aliphatic rings. The van der Waals surface area contributed by atoms with Gasteiger partial charge in [0.15, 0.2) is 5.69 Å². The average Bonchev–Trinajstić information content (AvgIpc) is 3.33. The van der Waals surface area contributed by atoms with Crippen LogP contribution in [0.1, 0.15) is 30.5 Å². The smallest absolute Gasteiger partial charge is 0.351 e. The van der Waals surface area contributed by atoms with Crippen LogP contribution in [0.3, 0.4) is 0 Å². The van der Waals surface area contributed by atoms with Crippen LogP contribution < -0.4 is 11.2 Å². The number of carbonyl (C=O) groups is 2. The highest BCUT2D eigenvalue weighted by Crippen LogP contribution is 2.20. The minimum absolute atomic E-state index is 0.215. The lowest BCUT2D eigenvalue weighted by atomic mass is 9.97. The molecule has 12 nitrogen and oxygen atoms in total. The van der Waals surface area contributed by atoms with Gasteiger partial charge >= 0.3 is 23.5 Å². The van der Waals surface area contributed by atoms with Crippen LogP contribution >= 0.6 is 0 Å². The summed E-state index contributed by atoms with van der Waals surface area (Å²) in [5, 5.41) is 7.71. The normalized spacial score (nSPS) is 14.3. The molecule has 1 amide bonds. The van der Waals surface area contributed by atoms with Crippen molar-refractivity contribution in [3.8, 4) is 17.2 Å². The maximum absolute atomic E-state index is 13.3. The van der Waals surface area contributed by atoms with Gasteiger partial charge in [0, 0.05) is 20.1 Å². The van der Waals surface area contributed by atoms with Gasteiger partial charge in [-0.05, 0) is 44.0 Å². The van der Waals surface area contributed by atoms with E-state index in [0.29, 0.717) is 32.5 Å². The number of likely N-dealkylation sites (tertiary alicyclic amines) is 1. The van der Waals surface area contributed by atoms with E-state index in [9.17, 15) is 23.6 Å². The predicted molar refractivity (Wildman–Crippen MR) is 114 cm³/mol. The van der Waals surface area contributed by atoms with Gasteiger partial charge in [0.05, 0.1) is 18.2 Å². The van der Waals surface area contributed by atoms with Crippen molar-refractivity contribution < 1.29 is 23.2 Å². The molecule has 2 aromatic heterocycles. The molecule has 34 heavy (non-hydrogen) atoms. The summed E-state index contributed by atoms with van der Waals surface area (Å²) in [5.74, 6) is -2.25. The third kappa shape index (κ3) is 4.36. The van der Waals surface area contributed by atoms with Crippen LogP contribution in [0.5, 0.6) is 0 Å². The van der Waals surface area contributed by atoms with E-state index in [1.54, 1.807) is 6.92 Å². The van der Waals surface area contributed by atoms with E-state index < -0.39 is 23.0 Å². The van der Waals surface area contributed by atoms with Crippen molar-refractivity contribution in [3.05, 3.63) is 56.8 Å². The van der Waals surface area contributed by atoms with Gasteiger partial charge in [0.25, 0.3) is 5.56 Å². The van der Waals surface area contributed by atoms with Crippen molar-refractivity contribution in [1.82, 2.24) is 29.4 Å². The number of ether oxygens (including phenoxy) is 1. The third-order valence-electron chi connectivity index (χ3n) is 5.47. The Labute approximate surface area is 191 Å². The SMILES string of the molecule is CCOC(=O)C1CCN(C(=O)c2nc(-c3nn(-c4ccc(F)cc4)c(=O)n(C)c3=O)no2)CC1. The van der Waals surface area contributed by atoms with Crippen LogP contribution in [0.4, 0.5) is 4.39 Å². The molecule has 1 saturated heterocycles. The monoisotopic (exact) mass is 472 g/mol. The highest BCUT2D eigenvalue weighted by molar-refractivity contribution is 5.90. The number of aromatic nitrogens is 5. The molecule has 178 valence electrons. The van der Waals surface area contributed by atoms with Crippen molar-refractivity contribution in [3.63, 3.8) is 0 Å². The summed E-state index contributed by atoms with van der Waals surface area (Å²) >= 11 is 0. The maximum Gasteiger partial charge on any atom is 0.351 e. The molecule has 0 bridgehead atoms. The summed E-state index contributed by atoms with van der Waals surface area (Å²) in [6.45, 7) is 2.63. The van der Waals surface area contributed by atoms with E-state index in [2.05, 4.69) is 15.2 Å². The van der Waals surface area contributed by atoms with Crippen LogP contribution in [0.15, 0.2) is 38.4 Å². The molecule has 0 N–H and O–H groups in total. The Kier molecular flexibility index (Phi) is 6.34. The topological polar surface area (TPSA) is 142 Å². The fourth-order valence-corrected chi connectivity index (χ4v) is 3.58. The maximum atomic E-state index is 13.3. The van der Waals surface area contributed by atoms with Gasteiger partial charge in [0.1, 0.15) is 5.82 Å². The number of nitrogens with zero attached hydrogens (tertiary/aromatic N) is 6. The molecule has 0 atom stereocenters. The number of carbonyl (C=O) groups excluding carboxylic acids is 2. The highest BCUT2D eigenvalue weighted by atomic mass is 19.1.